The highest BCUT2D eigenvalue weighted by atomic mass is 19.4. The summed E-state index contributed by atoms with van der Waals surface area (Å²) in [6.45, 7) is 7.80. The van der Waals surface area contributed by atoms with Crippen molar-refractivity contribution in [2.45, 2.75) is 19.6 Å². The van der Waals surface area contributed by atoms with Gasteiger partial charge in [-0.2, -0.15) is 19.1 Å². The van der Waals surface area contributed by atoms with Crippen LogP contribution < -0.4 is 5.90 Å². The molecule has 0 saturated heterocycles. The van der Waals surface area contributed by atoms with E-state index < -0.39 is 34.8 Å². The minimum Gasteiger partial charge on any atom is -0.414 e. The third-order valence-corrected chi connectivity index (χ3v) is 4.96. The summed E-state index contributed by atoms with van der Waals surface area (Å²) in [5, 5.41) is 0. The van der Waals surface area contributed by atoms with Gasteiger partial charge in [-0.25, -0.2) is 23.1 Å². The molecular weight excluding hydrogens is 486 g/mol. The molecule has 0 amide bonds. The molecule has 0 radical (unpaired) electrons. The summed E-state index contributed by atoms with van der Waals surface area (Å²) >= 11 is 0. The maximum atomic E-state index is 14.4. The lowest BCUT2D eigenvalue weighted by Gasteiger charge is -2.16. The van der Waals surface area contributed by atoms with Gasteiger partial charge in [-0.3, -0.25) is 0 Å². The van der Waals surface area contributed by atoms with E-state index in [9.17, 15) is 26.3 Å². The van der Waals surface area contributed by atoms with Crippen molar-refractivity contribution in [2.75, 3.05) is 0 Å². The normalized spacial score (nSPS) is 13.3. The van der Waals surface area contributed by atoms with Gasteiger partial charge in [0.2, 0.25) is 0 Å². The molecule has 5 nitrogen and oxygen atoms in total. The van der Waals surface area contributed by atoms with Crippen molar-refractivity contribution in [2.24, 2.45) is 5.90 Å². The van der Waals surface area contributed by atoms with E-state index in [-0.39, 0.29) is 29.3 Å². The molecule has 0 fully saturated rings. The molecule has 2 aliphatic rings. The molecule has 3 rings (SSSR count). The van der Waals surface area contributed by atoms with Crippen molar-refractivity contribution in [3.8, 4) is 22.8 Å². The van der Waals surface area contributed by atoms with Gasteiger partial charge in [0.05, 0.1) is 23.4 Å². The fourth-order valence-corrected chi connectivity index (χ4v) is 3.27. The molecular formula is C25H20F6N4O. The smallest absolute Gasteiger partial charge is 0.414 e. The van der Waals surface area contributed by atoms with Crippen molar-refractivity contribution >= 4 is 0 Å². The Bertz CT molecular complexity index is 1370. The average molecular weight is 506 g/mol. The third kappa shape index (κ3) is 5.74. The Morgan fingerprint density at radius 3 is 2.47 bits per heavy atom. The van der Waals surface area contributed by atoms with Crippen molar-refractivity contribution in [3.63, 3.8) is 0 Å². The Hall–Kier alpha value is -4.12. The first kappa shape index (κ1) is 26.5. The zero-order chi connectivity index (χ0) is 26.6. The van der Waals surface area contributed by atoms with Gasteiger partial charge in [0.1, 0.15) is 17.3 Å². The van der Waals surface area contributed by atoms with Gasteiger partial charge in [0.25, 0.3) is 0 Å². The number of aromatic nitrogens is 3. The summed E-state index contributed by atoms with van der Waals surface area (Å²) in [4.78, 5) is 13.2. The van der Waals surface area contributed by atoms with Crippen LogP contribution in [0.2, 0.25) is 0 Å². The minimum atomic E-state index is -4.90. The number of halogens is 6. The van der Waals surface area contributed by atoms with Crippen LogP contribution in [0.4, 0.5) is 26.3 Å². The van der Waals surface area contributed by atoms with Crippen LogP contribution in [0.1, 0.15) is 6.92 Å². The molecule has 0 bridgehead atoms. The van der Waals surface area contributed by atoms with Crippen LogP contribution in [0.25, 0.3) is 22.8 Å². The van der Waals surface area contributed by atoms with E-state index in [0.717, 1.165) is 18.2 Å². The standard InChI is InChI=1S/C25H20F6N4O/c1-4-6-18(26)22(15(3)25(29,30)31)14(2)11-16(36-32)12-35-10-9-20-21(13-35)34-24(33-20)17-7-5-8-19(27)23(17)28/h4-11,13H,2-3,12,32H2,1H3/b6-4-,16-11-,22-18+. The molecule has 0 aromatic heterocycles. The second-order valence-electron chi connectivity index (χ2n) is 7.49. The topological polar surface area (TPSA) is 66.0 Å². The number of fused-ring (bicyclic) bond motifs is 1. The van der Waals surface area contributed by atoms with Crippen molar-refractivity contribution in [1.29, 1.82) is 0 Å². The number of imidazole rings is 1. The first-order valence-electron chi connectivity index (χ1n) is 10.3. The number of nitrogens with two attached hydrogens (primary N) is 1. The minimum absolute atomic E-state index is 0.0288. The maximum Gasteiger partial charge on any atom is 0.416 e. The number of rotatable bonds is 8. The highest BCUT2D eigenvalue weighted by Gasteiger charge is 2.36. The average Bonchev–Trinajstić information content (AvgIpc) is 3.23. The summed E-state index contributed by atoms with van der Waals surface area (Å²) in [6, 6.07) is 5.17. The zero-order valence-electron chi connectivity index (χ0n) is 18.9. The van der Waals surface area contributed by atoms with E-state index in [1.54, 1.807) is 0 Å². The first-order chi connectivity index (χ1) is 17.0. The van der Waals surface area contributed by atoms with Gasteiger partial charge < -0.3 is 9.40 Å². The number of nitrogens with zero attached hydrogens (tertiary/aromatic N) is 3. The van der Waals surface area contributed by atoms with Crippen LogP contribution in [-0.4, -0.2) is 20.7 Å². The van der Waals surface area contributed by atoms with Crippen LogP contribution in [0.15, 0.2) is 96.4 Å². The van der Waals surface area contributed by atoms with Gasteiger partial charge in [-0.15, -0.1) is 0 Å². The lowest BCUT2D eigenvalue weighted by atomic mass is 9.97. The van der Waals surface area contributed by atoms with Crippen molar-refractivity contribution < 1.29 is 31.2 Å². The number of alkyl halides is 3. The fourth-order valence-electron chi connectivity index (χ4n) is 3.27. The van der Waals surface area contributed by atoms with Gasteiger partial charge >= 0.3 is 6.18 Å². The second-order valence-corrected chi connectivity index (χ2v) is 7.49. The van der Waals surface area contributed by atoms with Crippen molar-refractivity contribution in [1.82, 2.24) is 14.5 Å². The van der Waals surface area contributed by atoms with Crippen molar-refractivity contribution in [3.05, 3.63) is 108 Å². The molecule has 1 aromatic rings. The predicted molar refractivity (Wildman–Crippen MR) is 123 cm³/mol. The highest BCUT2D eigenvalue weighted by molar-refractivity contribution is 5.66. The lowest BCUT2D eigenvalue weighted by molar-refractivity contribution is -0.0889. The fraction of sp³-hybridized carbons (Fsp3) is 0.120. The zero-order valence-corrected chi connectivity index (χ0v) is 18.9. The van der Waals surface area contributed by atoms with E-state index >= 15 is 0 Å². The SMILES string of the molecule is C=C(/C=C(/Cn1ccc2nc(-c3cccc(F)c3F)nc-2c1)ON)/C(C(=C)C(F)(F)F)=C(F)/C=C\C. The monoisotopic (exact) mass is 506 g/mol. The summed E-state index contributed by atoms with van der Waals surface area (Å²) in [5.74, 6) is 1.88. The Kier molecular flexibility index (Phi) is 7.83. The molecule has 1 aromatic carbocycles. The Labute approximate surface area is 202 Å². The highest BCUT2D eigenvalue weighted by Crippen LogP contribution is 2.36. The maximum absolute atomic E-state index is 14.4. The summed E-state index contributed by atoms with van der Waals surface area (Å²) in [7, 11) is 0. The molecule has 11 heteroatoms. The first-order valence-corrected chi connectivity index (χ1v) is 10.3. The van der Waals surface area contributed by atoms with Gasteiger partial charge in [-0.05, 0) is 42.8 Å². The number of hydrogen-bond acceptors (Lipinski definition) is 4. The molecule has 0 spiro atoms. The van der Waals surface area contributed by atoms with Crippen LogP contribution in [0, 0.1) is 11.6 Å². The van der Waals surface area contributed by atoms with E-state index in [2.05, 4.69) is 23.1 Å². The molecule has 188 valence electrons. The Morgan fingerprint density at radius 1 is 1.14 bits per heavy atom. The van der Waals surface area contributed by atoms with Gasteiger partial charge in [0.15, 0.2) is 17.5 Å². The van der Waals surface area contributed by atoms with Crippen LogP contribution >= 0.6 is 0 Å². The summed E-state index contributed by atoms with van der Waals surface area (Å²) in [5.41, 5.74) is -2.06. The molecule has 2 heterocycles. The van der Waals surface area contributed by atoms with Crippen LogP contribution in [-0.2, 0) is 11.4 Å². The summed E-state index contributed by atoms with van der Waals surface area (Å²) < 4.78 is 83.4. The molecule has 0 atom stereocenters. The molecule has 0 unspecified atom stereocenters. The Morgan fingerprint density at radius 2 is 1.83 bits per heavy atom. The van der Waals surface area contributed by atoms with Gasteiger partial charge in [-0.1, -0.05) is 25.3 Å². The van der Waals surface area contributed by atoms with E-state index in [4.69, 9.17) is 10.7 Å². The van der Waals surface area contributed by atoms with E-state index in [1.807, 2.05) is 0 Å². The van der Waals surface area contributed by atoms with Gasteiger partial charge in [0, 0.05) is 18.0 Å². The number of hydrogen-bond donors (Lipinski definition) is 1. The van der Waals surface area contributed by atoms with E-state index in [1.165, 1.54) is 48.2 Å². The molecule has 2 N–H and O–H groups in total. The second kappa shape index (κ2) is 10.6. The largest absolute Gasteiger partial charge is 0.416 e. The lowest BCUT2D eigenvalue weighted by Crippen LogP contribution is -2.15. The quantitative estimate of drug-likeness (QED) is 0.162. The number of benzene rings is 1. The Balaban J connectivity index is 1.93. The number of allylic oxidation sites excluding steroid dienone is 8. The molecule has 0 aliphatic carbocycles. The summed E-state index contributed by atoms with van der Waals surface area (Å²) in [6.07, 6.45) is 1.26. The molecule has 0 saturated carbocycles. The molecule has 2 aliphatic heterocycles. The van der Waals surface area contributed by atoms with E-state index in [0.29, 0.717) is 11.4 Å². The molecule has 36 heavy (non-hydrogen) atoms. The third-order valence-electron chi connectivity index (χ3n) is 4.96. The predicted octanol–water partition coefficient (Wildman–Crippen LogP) is 6.58. The van der Waals surface area contributed by atoms with Crippen LogP contribution in [0.3, 0.4) is 0 Å². The number of pyridine rings is 1. The van der Waals surface area contributed by atoms with Crippen LogP contribution in [0.5, 0.6) is 0 Å².